The SMILES string of the molecule is CC(N)C1CCN(CCc2ccc(-n3ccc(NC(=O)N4CCN(C(=O)C(C)(C)N)CC4)nc3=O)cc2)CC1. The molecule has 5 N–H and O–H groups in total. The number of nitrogens with zero attached hydrogens (tertiary/aromatic N) is 5. The van der Waals surface area contributed by atoms with Gasteiger partial charge in [-0.25, -0.2) is 9.59 Å². The maximum atomic E-state index is 12.7. The monoisotopic (exact) mass is 538 g/mol. The van der Waals surface area contributed by atoms with Gasteiger partial charge in [-0.2, -0.15) is 4.98 Å². The number of piperazine rings is 1. The van der Waals surface area contributed by atoms with E-state index >= 15 is 0 Å². The Kier molecular flexibility index (Phi) is 9.04. The minimum Gasteiger partial charge on any atom is -0.338 e. The van der Waals surface area contributed by atoms with E-state index in [2.05, 4.69) is 22.1 Å². The highest BCUT2D eigenvalue weighted by molar-refractivity contribution is 5.89. The van der Waals surface area contributed by atoms with Crippen LogP contribution in [0.3, 0.4) is 0 Å². The van der Waals surface area contributed by atoms with Crippen LogP contribution >= 0.6 is 0 Å². The van der Waals surface area contributed by atoms with Crippen LogP contribution in [0, 0.1) is 5.92 Å². The van der Waals surface area contributed by atoms with Crippen molar-refractivity contribution in [1.82, 2.24) is 24.3 Å². The predicted octanol–water partition coefficient (Wildman–Crippen LogP) is 1.25. The number of benzene rings is 1. The van der Waals surface area contributed by atoms with Gasteiger partial charge < -0.3 is 26.2 Å². The number of nitrogens with one attached hydrogen (secondary N) is 1. The second kappa shape index (κ2) is 12.3. The van der Waals surface area contributed by atoms with Gasteiger partial charge in [-0.15, -0.1) is 0 Å². The van der Waals surface area contributed by atoms with Gasteiger partial charge in [-0.3, -0.25) is 14.7 Å². The van der Waals surface area contributed by atoms with E-state index in [0.717, 1.165) is 44.6 Å². The van der Waals surface area contributed by atoms with Gasteiger partial charge >= 0.3 is 11.7 Å². The molecule has 1 aromatic carbocycles. The number of aromatic nitrogens is 2. The van der Waals surface area contributed by atoms with E-state index in [1.54, 1.807) is 35.9 Å². The number of anilines is 1. The lowest BCUT2D eigenvalue weighted by Gasteiger charge is -2.37. The second-order valence-corrected chi connectivity index (χ2v) is 11.4. The number of piperidine rings is 1. The number of carbonyl (C=O) groups excluding carboxylic acids is 2. The largest absolute Gasteiger partial charge is 0.354 e. The van der Waals surface area contributed by atoms with Crippen LogP contribution in [0.5, 0.6) is 0 Å². The molecule has 0 spiro atoms. The third-order valence-electron chi connectivity index (χ3n) is 7.75. The quantitative estimate of drug-likeness (QED) is 0.481. The number of amides is 3. The minimum atomic E-state index is -0.945. The third-order valence-corrected chi connectivity index (χ3v) is 7.75. The van der Waals surface area contributed by atoms with E-state index in [9.17, 15) is 14.4 Å². The van der Waals surface area contributed by atoms with E-state index in [4.69, 9.17) is 11.5 Å². The van der Waals surface area contributed by atoms with Crippen molar-refractivity contribution in [3.05, 3.63) is 52.6 Å². The summed E-state index contributed by atoms with van der Waals surface area (Å²) in [7, 11) is 0. The molecule has 2 saturated heterocycles. The lowest BCUT2D eigenvalue weighted by Crippen LogP contribution is -2.58. The fourth-order valence-corrected chi connectivity index (χ4v) is 5.19. The highest BCUT2D eigenvalue weighted by atomic mass is 16.2. The molecule has 1 aromatic heterocycles. The first-order valence-corrected chi connectivity index (χ1v) is 13.8. The summed E-state index contributed by atoms with van der Waals surface area (Å²) in [6.45, 7) is 10.2. The van der Waals surface area contributed by atoms with Crippen LogP contribution < -0.4 is 22.5 Å². The summed E-state index contributed by atoms with van der Waals surface area (Å²) in [4.78, 5) is 47.6. The van der Waals surface area contributed by atoms with E-state index in [0.29, 0.717) is 32.1 Å². The van der Waals surface area contributed by atoms with Crippen molar-refractivity contribution < 1.29 is 9.59 Å². The standard InChI is InChI=1S/C28H42N8O3/c1-20(29)22-9-13-33(14-10-22)12-8-21-4-6-23(7-5-21)36-15-11-24(32-27(36)39)31-26(38)35-18-16-34(17-19-35)25(37)28(2,3)30/h4-7,11,15,20,22H,8-10,12-14,16-19,29-30H2,1-3H3,(H,31,32,38,39). The number of urea groups is 1. The van der Waals surface area contributed by atoms with Gasteiger partial charge in [0, 0.05) is 45.0 Å². The van der Waals surface area contributed by atoms with Crippen LogP contribution in [0.4, 0.5) is 10.6 Å². The molecular weight excluding hydrogens is 496 g/mol. The number of rotatable bonds is 7. The van der Waals surface area contributed by atoms with Gasteiger partial charge in [0.05, 0.1) is 11.2 Å². The number of hydrogen-bond acceptors (Lipinski definition) is 7. The summed E-state index contributed by atoms with van der Waals surface area (Å²) in [5.41, 5.74) is 12.5. The van der Waals surface area contributed by atoms with Crippen molar-refractivity contribution in [3.8, 4) is 5.69 Å². The van der Waals surface area contributed by atoms with Crippen LogP contribution in [0.15, 0.2) is 41.3 Å². The van der Waals surface area contributed by atoms with Gasteiger partial charge in [0.1, 0.15) is 5.82 Å². The molecule has 4 rings (SSSR count). The summed E-state index contributed by atoms with van der Waals surface area (Å²) in [5, 5.41) is 2.69. The minimum absolute atomic E-state index is 0.140. The first-order valence-electron chi connectivity index (χ1n) is 13.8. The van der Waals surface area contributed by atoms with Gasteiger partial charge in [0.25, 0.3) is 0 Å². The Hall–Kier alpha value is -3.28. The first kappa shape index (κ1) is 28.7. The summed E-state index contributed by atoms with van der Waals surface area (Å²) < 4.78 is 1.46. The second-order valence-electron chi connectivity index (χ2n) is 11.4. The zero-order valence-corrected chi connectivity index (χ0v) is 23.3. The van der Waals surface area contributed by atoms with Crippen molar-refractivity contribution in [2.24, 2.45) is 17.4 Å². The van der Waals surface area contributed by atoms with E-state index in [-0.39, 0.29) is 23.8 Å². The molecule has 212 valence electrons. The van der Waals surface area contributed by atoms with Gasteiger partial charge in [-0.05, 0) is 82.8 Å². The molecule has 2 aromatic rings. The lowest BCUT2D eigenvalue weighted by atomic mass is 9.91. The lowest BCUT2D eigenvalue weighted by molar-refractivity contribution is -0.137. The number of carbonyl (C=O) groups is 2. The summed E-state index contributed by atoms with van der Waals surface area (Å²) >= 11 is 0. The van der Waals surface area contributed by atoms with E-state index < -0.39 is 11.2 Å². The van der Waals surface area contributed by atoms with Crippen molar-refractivity contribution in [2.45, 2.75) is 51.6 Å². The Morgan fingerprint density at radius 3 is 2.21 bits per heavy atom. The Bertz CT molecular complexity index is 1190. The summed E-state index contributed by atoms with van der Waals surface area (Å²) in [5.74, 6) is 0.676. The summed E-state index contributed by atoms with van der Waals surface area (Å²) in [6, 6.07) is 9.45. The molecule has 11 heteroatoms. The zero-order valence-electron chi connectivity index (χ0n) is 23.3. The molecule has 11 nitrogen and oxygen atoms in total. The number of hydrogen-bond donors (Lipinski definition) is 3. The Morgan fingerprint density at radius 2 is 1.64 bits per heavy atom. The van der Waals surface area contributed by atoms with Gasteiger partial charge in [0.15, 0.2) is 0 Å². The topological polar surface area (TPSA) is 143 Å². The molecule has 2 aliphatic heterocycles. The molecule has 3 heterocycles. The van der Waals surface area contributed by atoms with Crippen molar-refractivity contribution >= 4 is 17.8 Å². The van der Waals surface area contributed by atoms with Crippen LogP contribution in [0.2, 0.25) is 0 Å². The van der Waals surface area contributed by atoms with Crippen LogP contribution in [-0.2, 0) is 11.2 Å². The highest BCUT2D eigenvalue weighted by Crippen LogP contribution is 2.20. The Labute approximate surface area is 230 Å². The first-order chi connectivity index (χ1) is 18.5. The molecule has 2 aliphatic rings. The summed E-state index contributed by atoms with van der Waals surface area (Å²) in [6.07, 6.45) is 4.89. The average molecular weight is 539 g/mol. The predicted molar refractivity (Wildman–Crippen MR) is 152 cm³/mol. The Balaban J connectivity index is 1.27. The van der Waals surface area contributed by atoms with Gasteiger partial charge in [-0.1, -0.05) is 12.1 Å². The molecule has 0 saturated carbocycles. The molecule has 1 atom stereocenters. The Morgan fingerprint density at radius 1 is 1.03 bits per heavy atom. The van der Waals surface area contributed by atoms with Crippen molar-refractivity contribution in [2.75, 3.05) is 51.1 Å². The molecule has 3 amide bonds. The maximum absolute atomic E-state index is 12.7. The average Bonchev–Trinajstić information content (AvgIpc) is 2.92. The zero-order chi connectivity index (χ0) is 28.2. The fraction of sp³-hybridized carbons (Fsp3) is 0.571. The number of likely N-dealkylation sites (tertiary alicyclic amines) is 1. The van der Waals surface area contributed by atoms with Gasteiger partial charge in [0.2, 0.25) is 5.91 Å². The molecular formula is C28H42N8O3. The molecule has 1 unspecified atom stereocenters. The van der Waals surface area contributed by atoms with E-state index in [1.165, 1.54) is 10.1 Å². The molecule has 39 heavy (non-hydrogen) atoms. The number of nitrogens with two attached hydrogens (primary N) is 2. The highest BCUT2D eigenvalue weighted by Gasteiger charge is 2.31. The van der Waals surface area contributed by atoms with Crippen molar-refractivity contribution in [3.63, 3.8) is 0 Å². The third kappa shape index (κ3) is 7.43. The molecule has 0 aliphatic carbocycles. The van der Waals surface area contributed by atoms with Crippen molar-refractivity contribution in [1.29, 1.82) is 0 Å². The van der Waals surface area contributed by atoms with Crippen LogP contribution in [-0.4, -0.2) is 93.6 Å². The fourth-order valence-electron chi connectivity index (χ4n) is 5.19. The normalized spacial score (nSPS) is 18.2. The van der Waals surface area contributed by atoms with Crippen LogP contribution in [0.25, 0.3) is 5.69 Å². The molecule has 0 radical (unpaired) electrons. The molecule has 2 fully saturated rings. The van der Waals surface area contributed by atoms with Crippen LogP contribution in [0.1, 0.15) is 39.2 Å². The molecule has 0 bridgehead atoms. The van der Waals surface area contributed by atoms with E-state index in [1.807, 2.05) is 24.3 Å². The smallest absolute Gasteiger partial charge is 0.338 e. The maximum Gasteiger partial charge on any atom is 0.354 e.